The van der Waals surface area contributed by atoms with Gasteiger partial charge in [-0.2, -0.15) is 28.2 Å². The molecule has 0 unspecified atom stereocenters. The number of hydrogen-bond donors (Lipinski definition) is 2. The number of aromatic nitrogens is 4. The predicted octanol–water partition coefficient (Wildman–Crippen LogP) is 2.51. The molecule has 0 bridgehead atoms. The third kappa shape index (κ3) is 1.67. The molecular formula is C9H7ClF3N5. The summed E-state index contributed by atoms with van der Waals surface area (Å²) in [6.45, 7) is 0. The van der Waals surface area contributed by atoms with Gasteiger partial charge in [0.2, 0.25) is 5.28 Å². The van der Waals surface area contributed by atoms with Crippen LogP contribution in [-0.4, -0.2) is 31.9 Å². The molecule has 2 aromatic rings. The highest BCUT2D eigenvalue weighted by molar-refractivity contribution is 6.28. The molecule has 0 spiro atoms. The predicted molar refractivity (Wildman–Crippen MR) is 58.3 cm³/mol. The van der Waals surface area contributed by atoms with Crippen molar-refractivity contribution in [2.45, 2.75) is 24.6 Å². The number of anilines is 1. The molecule has 3 rings (SSSR count). The van der Waals surface area contributed by atoms with Gasteiger partial charge in [0.25, 0.3) is 0 Å². The zero-order chi connectivity index (χ0) is 13.0. The zero-order valence-electron chi connectivity index (χ0n) is 8.85. The van der Waals surface area contributed by atoms with E-state index in [1.54, 1.807) is 0 Å². The first-order chi connectivity index (χ1) is 8.41. The van der Waals surface area contributed by atoms with Crippen LogP contribution in [0.4, 0.5) is 19.0 Å². The van der Waals surface area contributed by atoms with Gasteiger partial charge in [-0.1, -0.05) is 0 Å². The quantitative estimate of drug-likeness (QED) is 0.828. The molecule has 5 nitrogen and oxygen atoms in total. The van der Waals surface area contributed by atoms with Crippen molar-refractivity contribution in [2.24, 2.45) is 0 Å². The Hall–Kier alpha value is -1.57. The van der Waals surface area contributed by atoms with E-state index in [9.17, 15) is 13.2 Å². The van der Waals surface area contributed by atoms with E-state index in [0.717, 1.165) is 0 Å². The average Bonchev–Trinajstić information content (AvgIpc) is 2.88. The monoisotopic (exact) mass is 277 g/mol. The number of hydrogen-bond acceptors (Lipinski definition) is 4. The van der Waals surface area contributed by atoms with Crippen molar-refractivity contribution in [1.29, 1.82) is 0 Å². The maximum Gasteiger partial charge on any atom is 0.411 e. The molecule has 1 saturated carbocycles. The number of nitrogens with zero attached hydrogens (tertiary/aromatic N) is 3. The maximum absolute atomic E-state index is 12.8. The number of aromatic amines is 1. The minimum absolute atomic E-state index is 0.0253. The van der Waals surface area contributed by atoms with Crippen LogP contribution in [0, 0.1) is 0 Å². The lowest BCUT2D eigenvalue weighted by Gasteiger charge is -2.21. The van der Waals surface area contributed by atoms with Crippen molar-refractivity contribution in [3.8, 4) is 0 Å². The molecule has 18 heavy (non-hydrogen) atoms. The number of halogens is 4. The summed E-state index contributed by atoms with van der Waals surface area (Å²) in [5.74, 6) is 0.0496. The van der Waals surface area contributed by atoms with E-state index in [0.29, 0.717) is 11.0 Å². The molecule has 0 amide bonds. The molecule has 0 aromatic carbocycles. The van der Waals surface area contributed by atoms with Gasteiger partial charge in [-0.25, -0.2) is 0 Å². The average molecular weight is 278 g/mol. The topological polar surface area (TPSA) is 66.5 Å². The Balaban J connectivity index is 2.03. The molecule has 0 saturated heterocycles. The molecule has 1 aliphatic carbocycles. The summed E-state index contributed by atoms with van der Waals surface area (Å²) in [6, 6.07) is 0. The van der Waals surface area contributed by atoms with Crippen LogP contribution in [-0.2, 0) is 0 Å². The second-order valence-electron chi connectivity index (χ2n) is 4.18. The highest BCUT2D eigenvalue weighted by Crippen LogP contribution is 2.51. The lowest BCUT2D eigenvalue weighted by Crippen LogP contribution is -2.39. The van der Waals surface area contributed by atoms with E-state index < -0.39 is 11.7 Å². The largest absolute Gasteiger partial charge is 0.411 e. The molecule has 0 atom stereocenters. The van der Waals surface area contributed by atoms with Crippen molar-refractivity contribution >= 4 is 28.5 Å². The summed E-state index contributed by atoms with van der Waals surface area (Å²) in [5.41, 5.74) is -1.59. The lowest BCUT2D eigenvalue weighted by molar-refractivity contribution is -0.151. The summed E-state index contributed by atoms with van der Waals surface area (Å²) in [5, 5.41) is 8.92. The third-order valence-corrected chi connectivity index (χ3v) is 3.10. The van der Waals surface area contributed by atoms with E-state index in [4.69, 9.17) is 11.6 Å². The number of H-pyrrole nitrogens is 1. The SMILES string of the molecule is FC(F)(F)C1(Nc2nc(Cl)nc3[nH]ncc23)CC1. The summed E-state index contributed by atoms with van der Waals surface area (Å²) < 4.78 is 38.5. The van der Waals surface area contributed by atoms with Crippen molar-refractivity contribution in [3.05, 3.63) is 11.5 Å². The van der Waals surface area contributed by atoms with Gasteiger partial charge in [0.15, 0.2) is 5.65 Å². The lowest BCUT2D eigenvalue weighted by atomic mass is 10.2. The van der Waals surface area contributed by atoms with E-state index in [2.05, 4.69) is 25.5 Å². The molecule has 1 fully saturated rings. The molecule has 1 aliphatic rings. The van der Waals surface area contributed by atoms with Gasteiger partial charge < -0.3 is 5.32 Å². The first-order valence-corrected chi connectivity index (χ1v) is 5.51. The van der Waals surface area contributed by atoms with E-state index in [1.807, 2.05) is 0 Å². The molecule has 2 heterocycles. The van der Waals surface area contributed by atoms with Crippen LogP contribution < -0.4 is 5.32 Å². The minimum atomic E-state index is -4.32. The standard InChI is InChI=1S/C9H7ClF3N5/c10-7-15-5(4-3-14-18-6(4)16-7)17-8(1-2-8)9(11,12)13/h3H,1-2H2,(H2,14,15,16,17,18). The van der Waals surface area contributed by atoms with Gasteiger partial charge in [-0.3, -0.25) is 5.10 Å². The molecule has 2 aromatic heterocycles. The van der Waals surface area contributed by atoms with Crippen LogP contribution in [0.5, 0.6) is 0 Å². The number of nitrogens with one attached hydrogen (secondary N) is 2. The Morgan fingerprint density at radius 2 is 2.06 bits per heavy atom. The number of alkyl halides is 3. The number of fused-ring (bicyclic) bond motifs is 1. The summed E-state index contributed by atoms with van der Waals surface area (Å²) in [6.07, 6.45) is -2.91. The molecular weight excluding hydrogens is 271 g/mol. The van der Waals surface area contributed by atoms with Gasteiger partial charge in [0.1, 0.15) is 11.4 Å². The second kappa shape index (κ2) is 3.47. The Kier molecular flexibility index (Phi) is 2.22. The van der Waals surface area contributed by atoms with Crippen LogP contribution >= 0.6 is 11.6 Å². The van der Waals surface area contributed by atoms with Gasteiger partial charge >= 0.3 is 6.18 Å². The van der Waals surface area contributed by atoms with E-state index in [-0.39, 0.29) is 23.9 Å². The zero-order valence-corrected chi connectivity index (χ0v) is 9.60. The van der Waals surface area contributed by atoms with Crippen LogP contribution in [0.3, 0.4) is 0 Å². The highest BCUT2D eigenvalue weighted by Gasteiger charge is 2.63. The molecule has 96 valence electrons. The van der Waals surface area contributed by atoms with E-state index >= 15 is 0 Å². The van der Waals surface area contributed by atoms with Crippen LogP contribution in [0.15, 0.2) is 6.20 Å². The summed E-state index contributed by atoms with van der Waals surface area (Å²) in [7, 11) is 0. The first kappa shape index (κ1) is 11.5. The van der Waals surface area contributed by atoms with Gasteiger partial charge in [-0.15, -0.1) is 0 Å². The van der Waals surface area contributed by atoms with E-state index in [1.165, 1.54) is 6.20 Å². The van der Waals surface area contributed by atoms with Crippen molar-refractivity contribution in [3.63, 3.8) is 0 Å². The fourth-order valence-corrected chi connectivity index (χ4v) is 1.90. The minimum Gasteiger partial charge on any atom is -0.355 e. The second-order valence-corrected chi connectivity index (χ2v) is 4.52. The summed E-state index contributed by atoms with van der Waals surface area (Å²) >= 11 is 5.65. The molecule has 9 heteroatoms. The Morgan fingerprint density at radius 1 is 1.33 bits per heavy atom. The van der Waals surface area contributed by atoms with Crippen molar-refractivity contribution in [1.82, 2.24) is 20.2 Å². The Morgan fingerprint density at radius 3 is 2.67 bits per heavy atom. The van der Waals surface area contributed by atoms with Crippen LogP contribution in [0.2, 0.25) is 5.28 Å². The van der Waals surface area contributed by atoms with Crippen molar-refractivity contribution in [2.75, 3.05) is 5.32 Å². The highest BCUT2D eigenvalue weighted by atomic mass is 35.5. The maximum atomic E-state index is 12.8. The fraction of sp³-hybridized carbons (Fsp3) is 0.444. The summed E-state index contributed by atoms with van der Waals surface area (Å²) in [4.78, 5) is 7.62. The van der Waals surface area contributed by atoms with Gasteiger partial charge in [-0.05, 0) is 24.4 Å². The molecule has 0 aliphatic heterocycles. The Bertz CT molecular complexity index is 604. The number of rotatable bonds is 2. The molecule has 0 radical (unpaired) electrons. The van der Waals surface area contributed by atoms with Crippen molar-refractivity contribution < 1.29 is 13.2 Å². The fourth-order valence-electron chi connectivity index (χ4n) is 1.73. The normalized spacial score (nSPS) is 18.0. The van der Waals surface area contributed by atoms with Crippen LogP contribution in [0.25, 0.3) is 11.0 Å². The first-order valence-electron chi connectivity index (χ1n) is 5.13. The smallest absolute Gasteiger partial charge is 0.355 e. The third-order valence-electron chi connectivity index (χ3n) is 2.93. The Labute approximate surface area is 104 Å². The van der Waals surface area contributed by atoms with Gasteiger partial charge in [0, 0.05) is 0 Å². The van der Waals surface area contributed by atoms with Crippen LogP contribution in [0.1, 0.15) is 12.8 Å². The molecule has 2 N–H and O–H groups in total. The van der Waals surface area contributed by atoms with Gasteiger partial charge in [0.05, 0.1) is 11.6 Å².